The molecule has 26 heavy (non-hydrogen) atoms. The van der Waals surface area contributed by atoms with Gasteiger partial charge in [0.1, 0.15) is 11.6 Å². The molecule has 132 valence electrons. The maximum Gasteiger partial charge on any atom is 0.228 e. The third-order valence-corrected chi connectivity index (χ3v) is 3.87. The van der Waals surface area contributed by atoms with Gasteiger partial charge in [-0.2, -0.15) is 0 Å². The van der Waals surface area contributed by atoms with Crippen molar-refractivity contribution < 1.29 is 13.6 Å². The summed E-state index contributed by atoms with van der Waals surface area (Å²) < 4.78 is 26.7. The molecule has 0 saturated carbocycles. The fraction of sp³-hybridized carbons (Fsp3) is 0.0952. The van der Waals surface area contributed by atoms with Crippen LogP contribution in [0.3, 0.4) is 0 Å². The summed E-state index contributed by atoms with van der Waals surface area (Å²) in [4.78, 5) is 12.0. The fourth-order valence-electron chi connectivity index (χ4n) is 2.54. The smallest absolute Gasteiger partial charge is 0.228 e. The number of halogens is 2. The maximum atomic E-state index is 13.6. The molecule has 0 aliphatic heterocycles. The van der Waals surface area contributed by atoms with Crippen LogP contribution in [0.5, 0.6) is 0 Å². The lowest BCUT2D eigenvalue weighted by molar-refractivity contribution is -0.115. The Balaban J connectivity index is 1.54. The van der Waals surface area contributed by atoms with Gasteiger partial charge in [0.2, 0.25) is 5.91 Å². The summed E-state index contributed by atoms with van der Waals surface area (Å²) in [7, 11) is 0. The van der Waals surface area contributed by atoms with Crippen molar-refractivity contribution in [3.63, 3.8) is 0 Å². The third kappa shape index (κ3) is 4.89. The Labute approximate surface area is 150 Å². The molecule has 5 heteroatoms. The molecule has 3 aromatic rings. The Kier molecular flexibility index (Phi) is 5.59. The number of nitrogens with one attached hydrogen (secondary N) is 2. The molecule has 3 rings (SSSR count). The van der Waals surface area contributed by atoms with Crippen LogP contribution in [0.1, 0.15) is 11.1 Å². The van der Waals surface area contributed by atoms with E-state index in [1.54, 1.807) is 30.3 Å². The van der Waals surface area contributed by atoms with Gasteiger partial charge in [-0.3, -0.25) is 4.79 Å². The van der Waals surface area contributed by atoms with E-state index in [-0.39, 0.29) is 18.1 Å². The number of anilines is 2. The second kappa shape index (κ2) is 8.25. The minimum Gasteiger partial charge on any atom is -0.381 e. The zero-order chi connectivity index (χ0) is 18.4. The van der Waals surface area contributed by atoms with Gasteiger partial charge in [-0.05, 0) is 42.0 Å². The van der Waals surface area contributed by atoms with Gasteiger partial charge in [-0.1, -0.05) is 36.4 Å². The molecular formula is C21H18F2N2O. The van der Waals surface area contributed by atoms with Crippen LogP contribution < -0.4 is 10.6 Å². The van der Waals surface area contributed by atoms with E-state index in [1.165, 1.54) is 18.2 Å². The van der Waals surface area contributed by atoms with E-state index in [2.05, 4.69) is 10.6 Å². The average Bonchev–Trinajstić information content (AvgIpc) is 2.62. The Hall–Kier alpha value is -3.21. The van der Waals surface area contributed by atoms with Crippen molar-refractivity contribution in [1.82, 2.24) is 0 Å². The summed E-state index contributed by atoms with van der Waals surface area (Å²) in [5, 5.41) is 5.81. The first-order valence-electron chi connectivity index (χ1n) is 8.22. The summed E-state index contributed by atoms with van der Waals surface area (Å²) in [5.41, 5.74) is 2.68. The molecule has 0 saturated heterocycles. The van der Waals surface area contributed by atoms with Gasteiger partial charge >= 0.3 is 0 Å². The number of rotatable bonds is 6. The number of carbonyl (C=O) groups is 1. The van der Waals surface area contributed by atoms with Gasteiger partial charge < -0.3 is 10.6 Å². The molecule has 0 spiro atoms. The highest BCUT2D eigenvalue weighted by atomic mass is 19.1. The van der Waals surface area contributed by atoms with Crippen LogP contribution in [0.25, 0.3) is 0 Å². The van der Waals surface area contributed by atoms with Crippen LogP contribution in [-0.4, -0.2) is 5.91 Å². The zero-order valence-electron chi connectivity index (χ0n) is 14.0. The quantitative estimate of drug-likeness (QED) is 0.672. The number of benzene rings is 3. The van der Waals surface area contributed by atoms with Gasteiger partial charge in [0.25, 0.3) is 0 Å². The van der Waals surface area contributed by atoms with Gasteiger partial charge in [-0.25, -0.2) is 8.78 Å². The van der Waals surface area contributed by atoms with Crippen molar-refractivity contribution >= 4 is 17.3 Å². The van der Waals surface area contributed by atoms with Crippen LogP contribution in [-0.2, 0) is 17.8 Å². The summed E-state index contributed by atoms with van der Waals surface area (Å²) in [6.45, 7) is 0.381. The number of hydrogen-bond acceptors (Lipinski definition) is 2. The fourth-order valence-corrected chi connectivity index (χ4v) is 2.54. The molecule has 0 atom stereocenters. The highest BCUT2D eigenvalue weighted by molar-refractivity contribution is 5.92. The molecule has 3 nitrogen and oxygen atoms in total. The predicted octanol–water partition coefficient (Wildman–Crippen LogP) is 4.76. The van der Waals surface area contributed by atoms with Crippen LogP contribution in [0.15, 0.2) is 72.8 Å². The van der Waals surface area contributed by atoms with E-state index < -0.39 is 5.82 Å². The SMILES string of the molecule is O=C(Cc1ccc(NCc2ccccc2F)cc1)Nc1cccc(F)c1. The lowest BCUT2D eigenvalue weighted by Crippen LogP contribution is -2.14. The zero-order valence-corrected chi connectivity index (χ0v) is 14.0. The third-order valence-electron chi connectivity index (χ3n) is 3.87. The Morgan fingerprint density at radius 1 is 0.846 bits per heavy atom. The maximum absolute atomic E-state index is 13.6. The molecule has 0 aliphatic rings. The lowest BCUT2D eigenvalue weighted by atomic mass is 10.1. The molecule has 0 aliphatic carbocycles. The highest BCUT2D eigenvalue weighted by Crippen LogP contribution is 2.14. The second-order valence-corrected chi connectivity index (χ2v) is 5.88. The molecule has 0 radical (unpaired) electrons. The molecule has 1 amide bonds. The van der Waals surface area contributed by atoms with Gasteiger partial charge in [0, 0.05) is 23.5 Å². The predicted molar refractivity (Wildman–Crippen MR) is 98.9 cm³/mol. The van der Waals surface area contributed by atoms with Gasteiger partial charge in [0.15, 0.2) is 0 Å². The van der Waals surface area contributed by atoms with Crippen molar-refractivity contribution in [3.05, 3.63) is 95.6 Å². The van der Waals surface area contributed by atoms with E-state index in [4.69, 9.17) is 0 Å². The number of hydrogen-bond donors (Lipinski definition) is 2. The molecule has 3 aromatic carbocycles. The van der Waals surface area contributed by atoms with E-state index >= 15 is 0 Å². The van der Waals surface area contributed by atoms with Crippen molar-refractivity contribution in [2.75, 3.05) is 10.6 Å². The molecule has 0 fully saturated rings. The van der Waals surface area contributed by atoms with Crippen molar-refractivity contribution in [1.29, 1.82) is 0 Å². The summed E-state index contributed by atoms with van der Waals surface area (Å²) >= 11 is 0. The first-order valence-corrected chi connectivity index (χ1v) is 8.22. The molecule has 0 aromatic heterocycles. The average molecular weight is 352 g/mol. The molecule has 0 bridgehead atoms. The van der Waals surface area contributed by atoms with E-state index in [9.17, 15) is 13.6 Å². The number of carbonyl (C=O) groups excluding carboxylic acids is 1. The van der Waals surface area contributed by atoms with Gasteiger partial charge in [0.05, 0.1) is 6.42 Å². The highest BCUT2D eigenvalue weighted by Gasteiger charge is 2.05. The minimum atomic E-state index is -0.395. The normalized spacial score (nSPS) is 10.4. The van der Waals surface area contributed by atoms with E-state index in [0.29, 0.717) is 17.8 Å². The number of amides is 1. The van der Waals surface area contributed by atoms with Crippen molar-refractivity contribution in [3.8, 4) is 0 Å². The molecule has 2 N–H and O–H groups in total. The van der Waals surface area contributed by atoms with Crippen LogP contribution in [0.2, 0.25) is 0 Å². The summed E-state index contributed by atoms with van der Waals surface area (Å²) in [6, 6.07) is 19.7. The summed E-state index contributed by atoms with van der Waals surface area (Å²) in [5.74, 6) is -0.860. The second-order valence-electron chi connectivity index (χ2n) is 5.88. The first kappa shape index (κ1) is 17.6. The Morgan fingerprint density at radius 3 is 2.35 bits per heavy atom. The van der Waals surface area contributed by atoms with Crippen molar-refractivity contribution in [2.24, 2.45) is 0 Å². The summed E-state index contributed by atoms with van der Waals surface area (Å²) in [6.07, 6.45) is 0.185. The first-order chi connectivity index (χ1) is 12.6. The van der Waals surface area contributed by atoms with E-state index in [1.807, 2.05) is 24.3 Å². The van der Waals surface area contributed by atoms with Crippen LogP contribution in [0.4, 0.5) is 20.2 Å². The Morgan fingerprint density at radius 2 is 1.62 bits per heavy atom. The monoisotopic (exact) mass is 352 g/mol. The van der Waals surface area contributed by atoms with Crippen LogP contribution >= 0.6 is 0 Å². The van der Waals surface area contributed by atoms with Gasteiger partial charge in [-0.15, -0.1) is 0 Å². The van der Waals surface area contributed by atoms with Crippen LogP contribution in [0, 0.1) is 11.6 Å². The molecule has 0 heterocycles. The topological polar surface area (TPSA) is 41.1 Å². The minimum absolute atomic E-state index is 0.185. The Bertz CT molecular complexity index is 895. The standard InChI is InChI=1S/C21H18F2N2O/c22-17-5-3-6-19(13-17)25-21(26)12-15-8-10-18(11-9-15)24-14-16-4-1-2-7-20(16)23/h1-11,13,24H,12,14H2,(H,25,26). The molecule has 0 unspecified atom stereocenters. The molecular weight excluding hydrogens is 334 g/mol. The lowest BCUT2D eigenvalue weighted by Gasteiger charge is -2.09. The largest absolute Gasteiger partial charge is 0.381 e. The van der Waals surface area contributed by atoms with Crippen molar-refractivity contribution in [2.45, 2.75) is 13.0 Å². The van der Waals surface area contributed by atoms with E-state index in [0.717, 1.165) is 11.3 Å².